The minimum absolute atomic E-state index is 0.299. The first-order chi connectivity index (χ1) is 8.58. The van der Waals surface area contributed by atoms with Crippen LogP contribution >= 0.6 is 22.9 Å². The lowest BCUT2D eigenvalue weighted by Crippen LogP contribution is -2.24. The van der Waals surface area contributed by atoms with E-state index in [4.69, 9.17) is 11.6 Å². The number of nitrogens with one attached hydrogen (secondary N) is 1. The van der Waals surface area contributed by atoms with E-state index in [1.54, 1.807) is 12.1 Å². The molecule has 1 fully saturated rings. The molecule has 0 spiro atoms. The van der Waals surface area contributed by atoms with Gasteiger partial charge in [-0.1, -0.05) is 37.3 Å². The first-order valence-electron chi connectivity index (χ1n) is 6.33. The molecule has 2 rings (SSSR count). The van der Waals surface area contributed by atoms with Crippen molar-refractivity contribution in [3.8, 4) is 0 Å². The van der Waals surface area contributed by atoms with Gasteiger partial charge in [-0.25, -0.2) is 13.1 Å². The molecule has 0 saturated heterocycles. The molecule has 0 bridgehead atoms. The van der Waals surface area contributed by atoms with Crippen LogP contribution in [0.2, 0.25) is 4.34 Å². The summed E-state index contributed by atoms with van der Waals surface area (Å²) in [4.78, 5) is 0. The fraction of sp³-hybridized carbons (Fsp3) is 0.667. The number of rotatable bonds is 6. The number of hydrogen-bond acceptors (Lipinski definition) is 3. The van der Waals surface area contributed by atoms with Gasteiger partial charge in [0.1, 0.15) is 4.21 Å². The fourth-order valence-electron chi connectivity index (χ4n) is 2.41. The highest BCUT2D eigenvalue weighted by Crippen LogP contribution is 2.28. The molecule has 0 unspecified atom stereocenters. The van der Waals surface area contributed by atoms with E-state index in [-0.39, 0.29) is 0 Å². The molecule has 1 aliphatic rings. The van der Waals surface area contributed by atoms with Crippen LogP contribution < -0.4 is 4.72 Å². The van der Waals surface area contributed by atoms with Crippen molar-refractivity contribution in [2.24, 2.45) is 5.92 Å². The average Bonchev–Trinajstić information content (AvgIpc) is 2.95. The number of sulfonamides is 1. The molecule has 1 aromatic rings. The molecule has 1 aromatic heterocycles. The molecule has 1 N–H and O–H groups in total. The zero-order valence-corrected chi connectivity index (χ0v) is 12.6. The third kappa shape index (κ3) is 3.95. The Morgan fingerprint density at radius 1 is 1.33 bits per heavy atom. The molecule has 0 amide bonds. The van der Waals surface area contributed by atoms with Crippen molar-refractivity contribution in [3.63, 3.8) is 0 Å². The maximum atomic E-state index is 11.9. The largest absolute Gasteiger partial charge is 0.250 e. The lowest BCUT2D eigenvalue weighted by Gasteiger charge is -2.09. The molecule has 3 nitrogen and oxygen atoms in total. The van der Waals surface area contributed by atoms with Crippen molar-refractivity contribution < 1.29 is 8.42 Å². The van der Waals surface area contributed by atoms with Crippen LogP contribution in [0.25, 0.3) is 0 Å². The summed E-state index contributed by atoms with van der Waals surface area (Å²) < 4.78 is 27.2. The summed E-state index contributed by atoms with van der Waals surface area (Å²) in [5, 5.41) is 0. The summed E-state index contributed by atoms with van der Waals surface area (Å²) in [5.41, 5.74) is 0. The fourth-order valence-corrected chi connectivity index (χ4v) is 5.01. The molecule has 6 heteroatoms. The van der Waals surface area contributed by atoms with E-state index in [9.17, 15) is 8.42 Å². The lowest BCUT2D eigenvalue weighted by molar-refractivity contribution is 0.480. The van der Waals surface area contributed by atoms with Crippen LogP contribution in [0.4, 0.5) is 0 Å². The number of hydrogen-bond donors (Lipinski definition) is 1. The molecular formula is C12H18ClNO2S2. The normalized spacial score (nSPS) is 17.4. The highest BCUT2D eigenvalue weighted by Gasteiger charge is 2.17. The Kier molecular flexibility index (Phi) is 5.06. The van der Waals surface area contributed by atoms with Gasteiger partial charge in [-0.05, 0) is 30.9 Å². The Hall–Kier alpha value is -0.100. The van der Waals surface area contributed by atoms with Gasteiger partial charge in [-0.15, -0.1) is 11.3 Å². The van der Waals surface area contributed by atoms with Crippen molar-refractivity contribution in [1.29, 1.82) is 0 Å². The van der Waals surface area contributed by atoms with Crippen molar-refractivity contribution in [3.05, 3.63) is 16.5 Å². The molecule has 1 aliphatic carbocycles. The van der Waals surface area contributed by atoms with Gasteiger partial charge in [-0.2, -0.15) is 0 Å². The number of thiophene rings is 1. The summed E-state index contributed by atoms with van der Waals surface area (Å²) in [5.74, 6) is 0.811. The van der Waals surface area contributed by atoms with Gasteiger partial charge in [0.05, 0.1) is 4.34 Å². The molecule has 102 valence electrons. The SMILES string of the molecule is O=S(=O)(NCCCC1CCCC1)c1ccc(Cl)s1. The predicted molar refractivity (Wildman–Crippen MR) is 75.7 cm³/mol. The second-order valence-electron chi connectivity index (χ2n) is 4.75. The summed E-state index contributed by atoms with van der Waals surface area (Å²) in [7, 11) is -3.35. The van der Waals surface area contributed by atoms with Crippen LogP contribution in [0.15, 0.2) is 16.3 Å². The molecule has 1 saturated carbocycles. The Bertz CT molecular complexity index is 478. The topological polar surface area (TPSA) is 46.2 Å². The van der Waals surface area contributed by atoms with Crippen molar-refractivity contribution in [1.82, 2.24) is 4.72 Å². The van der Waals surface area contributed by atoms with Gasteiger partial charge >= 0.3 is 0 Å². The van der Waals surface area contributed by atoms with Crippen LogP contribution in [0.5, 0.6) is 0 Å². The third-order valence-electron chi connectivity index (χ3n) is 3.37. The molecule has 0 aliphatic heterocycles. The standard InChI is InChI=1S/C12H18ClNO2S2/c13-11-7-8-12(17-11)18(15,16)14-9-3-6-10-4-1-2-5-10/h7-8,10,14H,1-6,9H2. The van der Waals surface area contributed by atoms with Crippen LogP contribution in [-0.4, -0.2) is 15.0 Å². The Balaban J connectivity index is 1.75. The monoisotopic (exact) mass is 307 g/mol. The highest BCUT2D eigenvalue weighted by atomic mass is 35.5. The van der Waals surface area contributed by atoms with E-state index in [1.807, 2.05) is 0 Å². The van der Waals surface area contributed by atoms with E-state index in [0.29, 0.717) is 15.1 Å². The Labute approximate surface area is 118 Å². The van der Waals surface area contributed by atoms with E-state index in [1.165, 1.54) is 25.7 Å². The molecule has 18 heavy (non-hydrogen) atoms. The minimum atomic E-state index is -3.35. The van der Waals surface area contributed by atoms with Gasteiger partial charge in [0.2, 0.25) is 10.0 Å². The van der Waals surface area contributed by atoms with Crippen LogP contribution in [0.3, 0.4) is 0 Å². The Morgan fingerprint density at radius 2 is 2.06 bits per heavy atom. The predicted octanol–water partition coefficient (Wildman–Crippen LogP) is 3.65. The van der Waals surface area contributed by atoms with Crippen molar-refractivity contribution in [2.75, 3.05) is 6.54 Å². The van der Waals surface area contributed by atoms with Gasteiger partial charge < -0.3 is 0 Å². The molecular weight excluding hydrogens is 290 g/mol. The zero-order valence-electron chi connectivity index (χ0n) is 10.2. The quantitative estimate of drug-likeness (QED) is 0.815. The maximum absolute atomic E-state index is 11.9. The Morgan fingerprint density at radius 3 is 2.67 bits per heavy atom. The van der Waals surface area contributed by atoms with Crippen LogP contribution in [-0.2, 0) is 10.0 Å². The average molecular weight is 308 g/mol. The van der Waals surface area contributed by atoms with Crippen LogP contribution in [0, 0.1) is 5.92 Å². The summed E-state index contributed by atoms with van der Waals surface area (Å²) >= 11 is 6.83. The number of halogens is 1. The van der Waals surface area contributed by atoms with Crippen molar-refractivity contribution in [2.45, 2.75) is 42.7 Å². The van der Waals surface area contributed by atoms with Gasteiger partial charge in [-0.3, -0.25) is 0 Å². The molecule has 0 atom stereocenters. The first kappa shape index (κ1) is 14.3. The summed E-state index contributed by atoms with van der Waals surface area (Å²) in [6.07, 6.45) is 7.35. The van der Waals surface area contributed by atoms with E-state index in [2.05, 4.69) is 4.72 Å². The van der Waals surface area contributed by atoms with Crippen LogP contribution in [0.1, 0.15) is 38.5 Å². The molecule has 1 heterocycles. The van der Waals surface area contributed by atoms with E-state index < -0.39 is 10.0 Å². The van der Waals surface area contributed by atoms with Gasteiger partial charge in [0.25, 0.3) is 0 Å². The summed E-state index contributed by atoms with van der Waals surface area (Å²) in [6.45, 7) is 0.522. The maximum Gasteiger partial charge on any atom is 0.250 e. The van der Waals surface area contributed by atoms with Gasteiger partial charge in [0, 0.05) is 6.54 Å². The minimum Gasteiger partial charge on any atom is -0.210 e. The lowest BCUT2D eigenvalue weighted by atomic mass is 10.0. The third-order valence-corrected chi connectivity index (χ3v) is 6.55. The smallest absolute Gasteiger partial charge is 0.210 e. The second-order valence-corrected chi connectivity index (χ2v) is 8.46. The van der Waals surface area contributed by atoms with Gasteiger partial charge in [0.15, 0.2) is 0 Å². The van der Waals surface area contributed by atoms with E-state index in [0.717, 1.165) is 30.1 Å². The summed E-state index contributed by atoms with van der Waals surface area (Å²) in [6, 6.07) is 3.16. The van der Waals surface area contributed by atoms with Crippen molar-refractivity contribution >= 4 is 33.0 Å². The first-order valence-corrected chi connectivity index (χ1v) is 9.01. The molecule has 0 aromatic carbocycles. The molecule has 0 radical (unpaired) electrons. The second kappa shape index (κ2) is 6.37. The highest BCUT2D eigenvalue weighted by molar-refractivity contribution is 7.91. The van der Waals surface area contributed by atoms with E-state index >= 15 is 0 Å². The zero-order chi connectivity index (χ0) is 13.0.